The van der Waals surface area contributed by atoms with Crippen LogP contribution in [0.3, 0.4) is 0 Å². The number of nitrogens with zero attached hydrogens (tertiary/aromatic N) is 1. The highest BCUT2D eigenvalue weighted by molar-refractivity contribution is 6.16. The number of nitrogens with one attached hydrogen (secondary N) is 1. The van der Waals surface area contributed by atoms with Crippen molar-refractivity contribution in [2.24, 2.45) is 5.92 Å². The van der Waals surface area contributed by atoms with E-state index in [0.29, 0.717) is 24.5 Å². The van der Waals surface area contributed by atoms with E-state index in [1.54, 1.807) is 18.2 Å². The number of carbonyl (C=O) groups excluding carboxylic acids is 3. The van der Waals surface area contributed by atoms with E-state index in [-0.39, 0.29) is 6.42 Å². The smallest absolute Gasteiger partial charge is 0.330 e. The van der Waals surface area contributed by atoms with Gasteiger partial charge >= 0.3 is 6.03 Å². The Morgan fingerprint density at radius 2 is 1.88 bits per heavy atom. The molecule has 7 nitrogen and oxygen atoms in total. The van der Waals surface area contributed by atoms with E-state index in [0.717, 1.165) is 16.9 Å². The summed E-state index contributed by atoms with van der Waals surface area (Å²) in [5, 5.41) is 2.28. The van der Waals surface area contributed by atoms with Crippen LogP contribution < -0.4 is 14.8 Å². The molecule has 25 heavy (non-hydrogen) atoms. The fourth-order valence-corrected chi connectivity index (χ4v) is 3.00. The maximum Gasteiger partial charge on any atom is 0.330 e. The van der Waals surface area contributed by atoms with E-state index in [1.807, 2.05) is 20.8 Å². The number of hydrogen-bond acceptors (Lipinski definition) is 5. The SMILES string of the molecule is CCCCN1C(=O)NC(=O)C(Cc2ccc3c(c2)OC(C)(C)O3)C1=O. The van der Waals surface area contributed by atoms with Crippen molar-refractivity contribution in [3.05, 3.63) is 23.8 Å². The summed E-state index contributed by atoms with van der Waals surface area (Å²) >= 11 is 0. The lowest BCUT2D eigenvalue weighted by molar-refractivity contribution is -0.142. The minimum atomic E-state index is -0.914. The molecular formula is C18H22N2O5. The van der Waals surface area contributed by atoms with Gasteiger partial charge in [-0.05, 0) is 30.5 Å². The van der Waals surface area contributed by atoms with E-state index in [9.17, 15) is 14.4 Å². The number of amides is 4. The molecule has 0 spiro atoms. The molecule has 2 aliphatic heterocycles. The molecule has 0 saturated carbocycles. The molecule has 1 aromatic carbocycles. The Balaban J connectivity index is 1.77. The van der Waals surface area contributed by atoms with Crippen molar-refractivity contribution in [2.75, 3.05) is 6.54 Å². The second-order valence-corrected chi connectivity index (χ2v) is 6.78. The minimum Gasteiger partial charge on any atom is -0.449 e. The molecule has 0 bridgehead atoms. The van der Waals surface area contributed by atoms with E-state index in [4.69, 9.17) is 9.47 Å². The van der Waals surface area contributed by atoms with E-state index < -0.39 is 29.6 Å². The Labute approximate surface area is 146 Å². The summed E-state index contributed by atoms with van der Waals surface area (Å²) in [6, 6.07) is 4.71. The molecule has 134 valence electrons. The fraction of sp³-hybridized carbons (Fsp3) is 0.500. The first-order chi connectivity index (χ1) is 11.8. The molecule has 1 fully saturated rings. The number of fused-ring (bicyclic) bond motifs is 1. The number of rotatable bonds is 5. The quantitative estimate of drug-likeness (QED) is 0.827. The molecule has 7 heteroatoms. The van der Waals surface area contributed by atoms with Gasteiger partial charge in [0.1, 0.15) is 5.92 Å². The van der Waals surface area contributed by atoms with Crippen molar-refractivity contribution < 1.29 is 23.9 Å². The topological polar surface area (TPSA) is 84.9 Å². The molecule has 1 unspecified atom stereocenters. The van der Waals surface area contributed by atoms with Crippen molar-refractivity contribution in [1.29, 1.82) is 0 Å². The molecule has 1 N–H and O–H groups in total. The molecule has 0 aromatic heterocycles. The van der Waals surface area contributed by atoms with Gasteiger partial charge in [-0.15, -0.1) is 0 Å². The molecular weight excluding hydrogens is 324 g/mol. The average Bonchev–Trinajstić information content (AvgIpc) is 2.84. The van der Waals surface area contributed by atoms with Gasteiger partial charge in [0.25, 0.3) is 0 Å². The molecule has 0 radical (unpaired) electrons. The van der Waals surface area contributed by atoms with Crippen molar-refractivity contribution in [2.45, 2.75) is 45.8 Å². The lowest BCUT2D eigenvalue weighted by atomic mass is 9.95. The van der Waals surface area contributed by atoms with Crippen LogP contribution in [0.4, 0.5) is 4.79 Å². The molecule has 4 amide bonds. The highest BCUT2D eigenvalue weighted by Gasteiger charge is 2.40. The predicted octanol–water partition coefficient (Wildman–Crippen LogP) is 2.23. The third kappa shape index (κ3) is 3.45. The van der Waals surface area contributed by atoms with Crippen LogP contribution in [0.15, 0.2) is 18.2 Å². The number of carbonyl (C=O) groups is 3. The van der Waals surface area contributed by atoms with Crippen LogP contribution in [0.2, 0.25) is 0 Å². The van der Waals surface area contributed by atoms with Crippen LogP contribution in [-0.4, -0.2) is 35.1 Å². The Morgan fingerprint density at radius 3 is 2.60 bits per heavy atom. The van der Waals surface area contributed by atoms with Gasteiger partial charge in [-0.3, -0.25) is 19.8 Å². The number of hydrogen-bond donors (Lipinski definition) is 1. The molecule has 3 rings (SSSR count). The van der Waals surface area contributed by atoms with Gasteiger partial charge in [0.05, 0.1) is 0 Å². The fourth-order valence-electron chi connectivity index (χ4n) is 3.00. The standard InChI is InChI=1S/C18H22N2O5/c1-4-5-8-20-16(22)12(15(21)19-17(20)23)9-11-6-7-13-14(10-11)25-18(2,3)24-13/h6-7,10,12H,4-5,8-9H2,1-3H3,(H,19,21,23). The maximum absolute atomic E-state index is 12.6. The van der Waals surface area contributed by atoms with Crippen molar-refractivity contribution >= 4 is 17.8 Å². The third-order valence-electron chi connectivity index (χ3n) is 4.25. The Kier molecular flexibility index (Phi) is 4.41. The monoisotopic (exact) mass is 346 g/mol. The lowest BCUT2D eigenvalue weighted by Gasteiger charge is -2.30. The van der Waals surface area contributed by atoms with Gasteiger partial charge in [0.2, 0.25) is 17.6 Å². The third-order valence-corrected chi connectivity index (χ3v) is 4.25. The highest BCUT2D eigenvalue weighted by Crippen LogP contribution is 2.40. The summed E-state index contributed by atoms with van der Waals surface area (Å²) in [6.07, 6.45) is 1.77. The van der Waals surface area contributed by atoms with E-state index in [1.165, 1.54) is 0 Å². The van der Waals surface area contributed by atoms with Crippen molar-refractivity contribution in [3.63, 3.8) is 0 Å². The largest absolute Gasteiger partial charge is 0.449 e. The molecule has 0 aliphatic carbocycles. The molecule has 1 atom stereocenters. The second kappa shape index (κ2) is 6.38. The Bertz CT molecular complexity index is 728. The van der Waals surface area contributed by atoms with Crippen LogP contribution in [0.5, 0.6) is 11.5 Å². The molecule has 1 saturated heterocycles. The minimum absolute atomic E-state index is 0.206. The van der Waals surface area contributed by atoms with Gasteiger partial charge in [-0.2, -0.15) is 0 Å². The molecule has 2 aliphatic rings. The van der Waals surface area contributed by atoms with Crippen molar-refractivity contribution in [3.8, 4) is 11.5 Å². The zero-order valence-electron chi connectivity index (χ0n) is 14.6. The second-order valence-electron chi connectivity index (χ2n) is 6.78. The van der Waals surface area contributed by atoms with Gasteiger partial charge < -0.3 is 9.47 Å². The molecule has 1 aromatic rings. The summed E-state index contributed by atoms with van der Waals surface area (Å²) in [5.74, 6) is -1.43. The van der Waals surface area contributed by atoms with Gasteiger partial charge in [-0.1, -0.05) is 19.4 Å². The first kappa shape index (κ1) is 17.3. The normalized spacial score (nSPS) is 21.5. The summed E-state index contributed by atoms with van der Waals surface area (Å²) in [6.45, 7) is 5.91. The van der Waals surface area contributed by atoms with Gasteiger partial charge in [0, 0.05) is 20.4 Å². The number of ether oxygens (including phenoxy) is 2. The van der Waals surface area contributed by atoms with Crippen LogP contribution >= 0.6 is 0 Å². The summed E-state index contributed by atoms with van der Waals surface area (Å²) in [7, 11) is 0. The number of urea groups is 1. The zero-order valence-corrected chi connectivity index (χ0v) is 14.6. The van der Waals surface area contributed by atoms with Gasteiger partial charge in [-0.25, -0.2) is 4.79 Å². The van der Waals surface area contributed by atoms with E-state index in [2.05, 4.69) is 5.32 Å². The predicted molar refractivity (Wildman–Crippen MR) is 89.1 cm³/mol. The van der Waals surface area contributed by atoms with Crippen LogP contribution in [0.1, 0.15) is 39.2 Å². The summed E-state index contributed by atoms with van der Waals surface area (Å²) < 4.78 is 11.3. The summed E-state index contributed by atoms with van der Waals surface area (Å²) in [5.41, 5.74) is 0.776. The van der Waals surface area contributed by atoms with Gasteiger partial charge in [0.15, 0.2) is 11.5 Å². The van der Waals surface area contributed by atoms with Crippen LogP contribution in [0, 0.1) is 5.92 Å². The lowest BCUT2D eigenvalue weighted by Crippen LogP contribution is -2.58. The van der Waals surface area contributed by atoms with E-state index >= 15 is 0 Å². The number of imide groups is 2. The Hall–Kier alpha value is -2.57. The highest BCUT2D eigenvalue weighted by atomic mass is 16.7. The van der Waals surface area contributed by atoms with Crippen LogP contribution in [0.25, 0.3) is 0 Å². The number of barbiturate groups is 1. The number of unbranched alkanes of at least 4 members (excludes halogenated alkanes) is 1. The molecule has 2 heterocycles. The number of benzene rings is 1. The first-order valence-electron chi connectivity index (χ1n) is 8.48. The first-order valence-corrected chi connectivity index (χ1v) is 8.48. The maximum atomic E-state index is 12.6. The summed E-state index contributed by atoms with van der Waals surface area (Å²) in [4.78, 5) is 37.7. The van der Waals surface area contributed by atoms with Crippen LogP contribution in [-0.2, 0) is 16.0 Å². The Morgan fingerprint density at radius 1 is 1.16 bits per heavy atom. The zero-order chi connectivity index (χ0) is 18.2. The average molecular weight is 346 g/mol. The van der Waals surface area contributed by atoms with Crippen molar-refractivity contribution in [1.82, 2.24) is 10.2 Å².